The molecule has 1 aliphatic heterocycles. The first kappa shape index (κ1) is 13.5. The van der Waals surface area contributed by atoms with Crippen LogP contribution in [0.1, 0.15) is 10.4 Å². The van der Waals surface area contributed by atoms with Gasteiger partial charge >= 0.3 is 0 Å². The molecular weight excluding hydrogens is 320 g/mol. The number of aromatic nitrogens is 1. The topological polar surface area (TPSA) is 42.4 Å². The molecule has 5 heteroatoms. The van der Waals surface area contributed by atoms with Gasteiger partial charge in [-0.15, -0.1) is 0 Å². The van der Waals surface area contributed by atoms with Crippen molar-refractivity contribution in [3.63, 3.8) is 0 Å². The van der Waals surface area contributed by atoms with Gasteiger partial charge in [-0.1, -0.05) is 34.1 Å². The molecule has 0 saturated carbocycles. The van der Waals surface area contributed by atoms with Gasteiger partial charge in [0.15, 0.2) is 0 Å². The fourth-order valence-corrected chi connectivity index (χ4v) is 2.84. The van der Waals surface area contributed by atoms with Gasteiger partial charge in [0.1, 0.15) is 0 Å². The predicted molar refractivity (Wildman–Crippen MR) is 81.2 cm³/mol. The molecule has 0 bridgehead atoms. The lowest BCUT2D eigenvalue weighted by molar-refractivity contribution is -0.00957. The van der Waals surface area contributed by atoms with Crippen LogP contribution in [0.4, 0.5) is 0 Å². The minimum atomic E-state index is 0.0536. The van der Waals surface area contributed by atoms with Crippen LogP contribution in [0.5, 0.6) is 0 Å². The number of carbonyl (C=O) groups is 1. The maximum absolute atomic E-state index is 12.7. The lowest BCUT2D eigenvalue weighted by Crippen LogP contribution is -2.46. The number of amides is 1. The van der Waals surface area contributed by atoms with E-state index in [4.69, 9.17) is 4.74 Å². The van der Waals surface area contributed by atoms with E-state index < -0.39 is 0 Å². The average molecular weight is 335 g/mol. The monoisotopic (exact) mass is 334 g/mol. The molecule has 1 unspecified atom stereocenters. The third-order valence-electron chi connectivity index (χ3n) is 3.48. The third kappa shape index (κ3) is 2.55. The zero-order chi connectivity index (χ0) is 13.9. The molecular formula is C15H15BrN2O2. The summed E-state index contributed by atoms with van der Waals surface area (Å²) in [6.07, 6.45) is 1.76. The maximum atomic E-state index is 12.7. The fraction of sp³-hybridized carbons (Fsp3) is 0.333. The first-order chi connectivity index (χ1) is 9.79. The molecule has 0 aliphatic carbocycles. The van der Waals surface area contributed by atoms with E-state index in [1.807, 2.05) is 29.2 Å². The number of alkyl halides is 1. The van der Waals surface area contributed by atoms with E-state index in [9.17, 15) is 4.79 Å². The number of carbonyl (C=O) groups excluding carboxylic acids is 1. The SMILES string of the molecule is O=C(c1ccnc2ccccc12)N1CCOC(CBr)C1. The van der Waals surface area contributed by atoms with Crippen LogP contribution < -0.4 is 0 Å². The van der Waals surface area contributed by atoms with E-state index in [0.29, 0.717) is 25.3 Å². The van der Waals surface area contributed by atoms with Crippen LogP contribution in [0.25, 0.3) is 10.9 Å². The van der Waals surface area contributed by atoms with Gasteiger partial charge in [0, 0.05) is 30.0 Å². The van der Waals surface area contributed by atoms with Crippen molar-refractivity contribution in [1.82, 2.24) is 9.88 Å². The van der Waals surface area contributed by atoms with Crippen molar-refractivity contribution >= 4 is 32.7 Å². The van der Waals surface area contributed by atoms with Crippen LogP contribution in [-0.4, -0.2) is 46.9 Å². The summed E-state index contributed by atoms with van der Waals surface area (Å²) in [5.41, 5.74) is 1.56. The minimum Gasteiger partial charge on any atom is -0.374 e. The summed E-state index contributed by atoms with van der Waals surface area (Å²) >= 11 is 3.41. The highest BCUT2D eigenvalue weighted by Gasteiger charge is 2.25. The molecule has 2 aromatic rings. The van der Waals surface area contributed by atoms with Gasteiger partial charge in [-0.3, -0.25) is 9.78 Å². The van der Waals surface area contributed by atoms with Gasteiger partial charge in [-0.05, 0) is 12.1 Å². The highest BCUT2D eigenvalue weighted by molar-refractivity contribution is 9.09. The number of hydrogen-bond donors (Lipinski definition) is 0. The Balaban J connectivity index is 1.92. The number of ether oxygens (including phenoxy) is 1. The van der Waals surface area contributed by atoms with E-state index in [1.54, 1.807) is 12.3 Å². The zero-order valence-corrected chi connectivity index (χ0v) is 12.5. The number of hydrogen-bond acceptors (Lipinski definition) is 3. The van der Waals surface area contributed by atoms with Crippen molar-refractivity contribution in [1.29, 1.82) is 0 Å². The number of nitrogens with zero attached hydrogens (tertiary/aromatic N) is 2. The van der Waals surface area contributed by atoms with Gasteiger partial charge in [-0.2, -0.15) is 0 Å². The molecule has 1 aromatic carbocycles. The summed E-state index contributed by atoms with van der Waals surface area (Å²) in [4.78, 5) is 18.9. The van der Waals surface area contributed by atoms with Crippen molar-refractivity contribution in [3.8, 4) is 0 Å². The summed E-state index contributed by atoms with van der Waals surface area (Å²) in [6, 6.07) is 9.52. The van der Waals surface area contributed by atoms with Crippen molar-refractivity contribution in [2.45, 2.75) is 6.10 Å². The van der Waals surface area contributed by atoms with Crippen molar-refractivity contribution in [2.24, 2.45) is 0 Å². The number of fused-ring (bicyclic) bond motifs is 1. The lowest BCUT2D eigenvalue weighted by atomic mass is 10.1. The van der Waals surface area contributed by atoms with Crippen LogP contribution in [-0.2, 0) is 4.74 Å². The summed E-state index contributed by atoms with van der Waals surface area (Å²) in [5, 5.41) is 1.65. The molecule has 1 atom stereocenters. The molecule has 20 heavy (non-hydrogen) atoms. The van der Waals surface area contributed by atoms with Crippen molar-refractivity contribution < 1.29 is 9.53 Å². The average Bonchev–Trinajstić information content (AvgIpc) is 2.53. The second-order valence-electron chi connectivity index (χ2n) is 4.77. The second kappa shape index (κ2) is 5.89. The number of morpholine rings is 1. The summed E-state index contributed by atoms with van der Waals surface area (Å²) in [7, 11) is 0. The van der Waals surface area contributed by atoms with Gasteiger partial charge in [0.25, 0.3) is 5.91 Å². The Hall–Kier alpha value is -1.46. The summed E-state index contributed by atoms with van der Waals surface area (Å²) in [6.45, 7) is 1.85. The second-order valence-corrected chi connectivity index (χ2v) is 5.42. The molecule has 104 valence electrons. The first-order valence-corrected chi connectivity index (χ1v) is 7.72. The third-order valence-corrected chi connectivity index (χ3v) is 4.20. The Labute approximate surface area is 125 Å². The molecule has 1 aromatic heterocycles. The Morgan fingerprint density at radius 3 is 3.10 bits per heavy atom. The summed E-state index contributed by atoms with van der Waals surface area (Å²) in [5.74, 6) is 0.0536. The molecule has 1 amide bonds. The fourth-order valence-electron chi connectivity index (χ4n) is 2.45. The normalized spacial score (nSPS) is 19.2. The standard InChI is InChI=1S/C15H15BrN2O2/c16-9-11-10-18(7-8-20-11)15(19)13-5-6-17-14-4-2-1-3-12(13)14/h1-6,11H,7-10H2. The van der Waals surface area contributed by atoms with Crippen LogP contribution in [0.2, 0.25) is 0 Å². The Morgan fingerprint density at radius 2 is 2.25 bits per heavy atom. The first-order valence-electron chi connectivity index (χ1n) is 6.60. The quantitative estimate of drug-likeness (QED) is 0.792. The minimum absolute atomic E-state index is 0.0536. The van der Waals surface area contributed by atoms with Crippen LogP contribution in [0.15, 0.2) is 36.5 Å². The number of halogens is 1. The van der Waals surface area contributed by atoms with Crippen molar-refractivity contribution in [3.05, 3.63) is 42.1 Å². The predicted octanol–water partition coefficient (Wildman–Crippen LogP) is 2.47. The van der Waals surface area contributed by atoms with E-state index in [0.717, 1.165) is 16.2 Å². The maximum Gasteiger partial charge on any atom is 0.254 e. The smallest absolute Gasteiger partial charge is 0.254 e. The number of benzene rings is 1. The molecule has 1 fully saturated rings. The number of para-hydroxylation sites is 1. The highest BCUT2D eigenvalue weighted by Crippen LogP contribution is 2.19. The molecule has 2 heterocycles. The van der Waals surface area contributed by atoms with Gasteiger partial charge < -0.3 is 9.64 Å². The molecule has 4 nitrogen and oxygen atoms in total. The van der Waals surface area contributed by atoms with E-state index >= 15 is 0 Å². The molecule has 1 aliphatic rings. The largest absolute Gasteiger partial charge is 0.374 e. The van der Waals surface area contributed by atoms with Crippen LogP contribution >= 0.6 is 15.9 Å². The Morgan fingerprint density at radius 1 is 1.40 bits per heavy atom. The van der Waals surface area contributed by atoms with Gasteiger partial charge in [0.05, 0.1) is 23.8 Å². The number of pyridine rings is 1. The Kier molecular flexibility index (Phi) is 3.98. The van der Waals surface area contributed by atoms with E-state index in [2.05, 4.69) is 20.9 Å². The van der Waals surface area contributed by atoms with E-state index in [1.165, 1.54) is 0 Å². The Bertz CT molecular complexity index is 627. The lowest BCUT2D eigenvalue weighted by Gasteiger charge is -2.32. The van der Waals surface area contributed by atoms with Gasteiger partial charge in [0.2, 0.25) is 0 Å². The highest BCUT2D eigenvalue weighted by atomic mass is 79.9. The molecule has 0 N–H and O–H groups in total. The van der Waals surface area contributed by atoms with Crippen molar-refractivity contribution in [2.75, 3.05) is 25.0 Å². The molecule has 1 saturated heterocycles. The zero-order valence-electron chi connectivity index (χ0n) is 11.0. The number of rotatable bonds is 2. The summed E-state index contributed by atoms with van der Waals surface area (Å²) < 4.78 is 5.58. The molecule has 3 rings (SSSR count). The van der Waals surface area contributed by atoms with Crippen LogP contribution in [0, 0.1) is 0 Å². The van der Waals surface area contributed by atoms with E-state index in [-0.39, 0.29) is 12.0 Å². The van der Waals surface area contributed by atoms with Gasteiger partial charge in [-0.25, -0.2) is 0 Å². The van der Waals surface area contributed by atoms with Crippen LogP contribution in [0.3, 0.4) is 0 Å². The molecule has 0 radical (unpaired) electrons. The molecule has 0 spiro atoms.